The third-order valence-electron chi connectivity index (χ3n) is 3.16. The summed E-state index contributed by atoms with van der Waals surface area (Å²) in [6.07, 6.45) is 0.790. The third-order valence-corrected chi connectivity index (χ3v) is 3.16. The molecule has 1 N–H and O–H groups in total. The quantitative estimate of drug-likeness (QED) is 0.910. The molecule has 0 saturated heterocycles. The van der Waals surface area contributed by atoms with Crippen LogP contribution in [0.3, 0.4) is 0 Å². The molecule has 110 valence electrons. The molecule has 0 radical (unpaired) electrons. The van der Waals surface area contributed by atoms with E-state index in [1.54, 1.807) is 12.1 Å². The van der Waals surface area contributed by atoms with Gasteiger partial charge in [0.05, 0.1) is 7.11 Å². The van der Waals surface area contributed by atoms with E-state index in [1.807, 2.05) is 31.2 Å². The number of amides is 1. The van der Waals surface area contributed by atoms with Crippen molar-refractivity contribution in [2.45, 2.75) is 19.8 Å². The summed E-state index contributed by atoms with van der Waals surface area (Å²) in [6, 6.07) is 12.4. The third kappa shape index (κ3) is 4.31. The molecule has 4 heteroatoms. The lowest BCUT2D eigenvalue weighted by Gasteiger charge is -2.07. The first-order valence-electron chi connectivity index (χ1n) is 6.77. The molecule has 0 spiro atoms. The minimum atomic E-state index is -0.408. The Hall–Kier alpha value is -2.36. The first-order chi connectivity index (χ1) is 10.1. The van der Waals surface area contributed by atoms with Gasteiger partial charge in [0.15, 0.2) is 11.6 Å². The van der Waals surface area contributed by atoms with Crippen molar-refractivity contribution in [1.29, 1.82) is 0 Å². The molecule has 2 aromatic rings. The monoisotopic (exact) mass is 287 g/mol. The fourth-order valence-electron chi connectivity index (χ4n) is 2.07. The molecular formula is C17H18FNO2. The number of hydrogen-bond donors (Lipinski definition) is 1. The van der Waals surface area contributed by atoms with Crippen LogP contribution in [0.25, 0.3) is 0 Å². The average molecular weight is 287 g/mol. The van der Waals surface area contributed by atoms with Gasteiger partial charge in [-0.1, -0.05) is 18.2 Å². The van der Waals surface area contributed by atoms with E-state index in [0.717, 1.165) is 16.8 Å². The van der Waals surface area contributed by atoms with E-state index in [0.29, 0.717) is 12.8 Å². The van der Waals surface area contributed by atoms with E-state index in [4.69, 9.17) is 4.74 Å². The lowest BCUT2D eigenvalue weighted by atomic mass is 10.1. The van der Waals surface area contributed by atoms with E-state index < -0.39 is 5.82 Å². The van der Waals surface area contributed by atoms with Crippen LogP contribution in [0.2, 0.25) is 0 Å². The number of halogens is 1. The van der Waals surface area contributed by atoms with Gasteiger partial charge in [-0.25, -0.2) is 4.39 Å². The van der Waals surface area contributed by atoms with Crippen LogP contribution in [0.15, 0.2) is 42.5 Å². The minimum absolute atomic E-state index is 0.0863. The highest BCUT2D eigenvalue weighted by molar-refractivity contribution is 5.90. The number of ether oxygens (including phenoxy) is 1. The van der Waals surface area contributed by atoms with Gasteiger partial charge in [-0.05, 0) is 48.7 Å². The van der Waals surface area contributed by atoms with Gasteiger partial charge < -0.3 is 10.1 Å². The summed E-state index contributed by atoms with van der Waals surface area (Å²) < 4.78 is 18.4. The van der Waals surface area contributed by atoms with Crippen molar-refractivity contribution >= 4 is 11.6 Å². The fourth-order valence-corrected chi connectivity index (χ4v) is 2.07. The van der Waals surface area contributed by atoms with Gasteiger partial charge in [-0.15, -0.1) is 0 Å². The zero-order valence-electron chi connectivity index (χ0n) is 12.2. The Balaban J connectivity index is 1.90. The number of hydrogen-bond acceptors (Lipinski definition) is 2. The van der Waals surface area contributed by atoms with Crippen molar-refractivity contribution in [3.05, 3.63) is 59.4 Å². The van der Waals surface area contributed by atoms with E-state index in [9.17, 15) is 9.18 Å². The lowest BCUT2D eigenvalue weighted by molar-refractivity contribution is -0.116. The summed E-state index contributed by atoms with van der Waals surface area (Å²) in [6.45, 7) is 1.97. The Bertz CT molecular complexity index is 640. The number of rotatable bonds is 5. The number of aryl methyl sites for hydroxylation is 2. The zero-order valence-corrected chi connectivity index (χ0v) is 12.2. The van der Waals surface area contributed by atoms with E-state index in [2.05, 4.69) is 5.32 Å². The van der Waals surface area contributed by atoms with Crippen LogP contribution >= 0.6 is 0 Å². The van der Waals surface area contributed by atoms with Crippen LogP contribution in [-0.2, 0) is 11.2 Å². The van der Waals surface area contributed by atoms with E-state index >= 15 is 0 Å². The number of carbonyl (C=O) groups is 1. The maximum absolute atomic E-state index is 13.5. The van der Waals surface area contributed by atoms with Gasteiger partial charge in [0, 0.05) is 12.1 Å². The van der Waals surface area contributed by atoms with Gasteiger partial charge in [0.1, 0.15) is 0 Å². The Labute approximate surface area is 123 Å². The van der Waals surface area contributed by atoms with Crippen molar-refractivity contribution in [3.8, 4) is 5.75 Å². The van der Waals surface area contributed by atoms with Gasteiger partial charge >= 0.3 is 0 Å². The second-order valence-electron chi connectivity index (χ2n) is 4.89. The maximum Gasteiger partial charge on any atom is 0.224 e. The Morgan fingerprint density at radius 2 is 2.05 bits per heavy atom. The van der Waals surface area contributed by atoms with Gasteiger partial charge in [0.2, 0.25) is 5.91 Å². The molecular weight excluding hydrogens is 269 g/mol. The summed E-state index contributed by atoms with van der Waals surface area (Å²) in [5.74, 6) is -0.283. The molecule has 2 rings (SSSR count). The molecule has 0 unspecified atom stereocenters. The van der Waals surface area contributed by atoms with Gasteiger partial charge in [0.25, 0.3) is 0 Å². The van der Waals surface area contributed by atoms with Crippen LogP contribution < -0.4 is 10.1 Å². The molecule has 0 aliphatic carbocycles. The molecule has 2 aromatic carbocycles. The summed E-state index contributed by atoms with van der Waals surface area (Å²) in [7, 11) is 1.42. The predicted molar refractivity (Wildman–Crippen MR) is 81.1 cm³/mol. The second kappa shape index (κ2) is 6.88. The molecule has 21 heavy (non-hydrogen) atoms. The summed E-state index contributed by atoms with van der Waals surface area (Å²) in [5, 5.41) is 2.83. The molecule has 0 aliphatic rings. The molecule has 0 atom stereocenters. The van der Waals surface area contributed by atoms with E-state index in [-0.39, 0.29) is 11.7 Å². The Kier molecular flexibility index (Phi) is 4.93. The van der Waals surface area contributed by atoms with Crippen molar-refractivity contribution in [3.63, 3.8) is 0 Å². The van der Waals surface area contributed by atoms with Crippen LogP contribution in [0.1, 0.15) is 17.5 Å². The lowest BCUT2D eigenvalue weighted by Crippen LogP contribution is -2.12. The van der Waals surface area contributed by atoms with Crippen LogP contribution in [0.4, 0.5) is 10.1 Å². The summed E-state index contributed by atoms with van der Waals surface area (Å²) in [5.41, 5.74) is 2.64. The largest absolute Gasteiger partial charge is 0.494 e. The van der Waals surface area contributed by atoms with Gasteiger partial charge in [-0.3, -0.25) is 4.79 Å². The first-order valence-corrected chi connectivity index (χ1v) is 6.77. The molecule has 3 nitrogen and oxygen atoms in total. The average Bonchev–Trinajstić information content (AvgIpc) is 2.45. The van der Waals surface area contributed by atoms with E-state index in [1.165, 1.54) is 13.2 Å². The highest BCUT2D eigenvalue weighted by Crippen LogP contribution is 2.18. The normalized spacial score (nSPS) is 10.2. The number of methoxy groups -OCH3 is 1. The smallest absolute Gasteiger partial charge is 0.224 e. The highest BCUT2D eigenvalue weighted by atomic mass is 19.1. The number of benzene rings is 2. The predicted octanol–water partition coefficient (Wildman–Crippen LogP) is 3.71. The first kappa shape index (κ1) is 15.0. The Morgan fingerprint density at radius 1 is 1.24 bits per heavy atom. The topological polar surface area (TPSA) is 38.3 Å². The van der Waals surface area contributed by atoms with Crippen LogP contribution in [0.5, 0.6) is 5.75 Å². The SMILES string of the molecule is COc1ccc(CCC(=O)Nc2cccc(C)c2)cc1F. The zero-order chi connectivity index (χ0) is 15.2. The molecule has 1 amide bonds. The number of carbonyl (C=O) groups excluding carboxylic acids is 1. The number of nitrogens with one attached hydrogen (secondary N) is 1. The van der Waals surface area contributed by atoms with Crippen molar-refractivity contribution in [1.82, 2.24) is 0 Å². The summed E-state index contributed by atoms with van der Waals surface area (Å²) in [4.78, 5) is 11.9. The van der Waals surface area contributed by atoms with Gasteiger partial charge in [-0.2, -0.15) is 0 Å². The van der Waals surface area contributed by atoms with Crippen molar-refractivity contribution in [2.24, 2.45) is 0 Å². The highest BCUT2D eigenvalue weighted by Gasteiger charge is 2.06. The fraction of sp³-hybridized carbons (Fsp3) is 0.235. The van der Waals surface area contributed by atoms with Crippen LogP contribution in [0, 0.1) is 12.7 Å². The van der Waals surface area contributed by atoms with Crippen molar-refractivity contribution in [2.75, 3.05) is 12.4 Å². The van der Waals surface area contributed by atoms with Crippen molar-refractivity contribution < 1.29 is 13.9 Å². The number of anilines is 1. The molecule has 0 aliphatic heterocycles. The molecule has 0 bridgehead atoms. The van der Waals surface area contributed by atoms with Crippen LogP contribution in [-0.4, -0.2) is 13.0 Å². The minimum Gasteiger partial charge on any atom is -0.494 e. The second-order valence-corrected chi connectivity index (χ2v) is 4.89. The molecule has 0 saturated carbocycles. The summed E-state index contributed by atoms with van der Waals surface area (Å²) >= 11 is 0. The Morgan fingerprint density at radius 3 is 2.71 bits per heavy atom. The molecule has 0 heterocycles. The standard InChI is InChI=1S/C17H18FNO2/c1-12-4-3-5-14(10-12)19-17(20)9-7-13-6-8-16(21-2)15(18)11-13/h3-6,8,10-11H,7,9H2,1-2H3,(H,19,20). The molecule has 0 aromatic heterocycles. The maximum atomic E-state index is 13.5. The molecule has 0 fully saturated rings.